The van der Waals surface area contributed by atoms with Gasteiger partial charge in [0, 0.05) is 12.1 Å². The number of aryl methyl sites for hydroxylation is 1. The molecule has 3 aromatic rings. The van der Waals surface area contributed by atoms with Crippen LogP contribution in [0.4, 0.5) is 0 Å². The van der Waals surface area contributed by atoms with Crippen LogP contribution in [-0.4, -0.2) is 37.6 Å². The highest BCUT2D eigenvalue weighted by molar-refractivity contribution is 7.13. The topological polar surface area (TPSA) is 67.2 Å². The third-order valence-corrected chi connectivity index (χ3v) is 6.53. The number of nitrogens with zero attached hydrogens (tertiary/aromatic N) is 3. The van der Waals surface area contributed by atoms with Crippen molar-refractivity contribution in [1.82, 2.24) is 20.0 Å². The molecule has 7 heteroatoms. The maximum Gasteiger partial charge on any atom is 0.273 e. The third kappa shape index (κ3) is 4.02. The molecule has 0 fully saturated rings. The summed E-state index contributed by atoms with van der Waals surface area (Å²) >= 11 is 1.58. The van der Waals surface area contributed by atoms with Crippen LogP contribution in [0.3, 0.4) is 0 Å². The molecule has 0 aliphatic carbocycles. The minimum absolute atomic E-state index is 0.180. The first kappa shape index (κ1) is 21.3. The lowest BCUT2D eigenvalue weighted by molar-refractivity contribution is -0.135. The van der Waals surface area contributed by atoms with Crippen LogP contribution in [0.25, 0.3) is 10.6 Å². The third-order valence-electron chi connectivity index (χ3n) is 5.64. The second-order valence-corrected chi connectivity index (χ2v) is 10.3. The summed E-state index contributed by atoms with van der Waals surface area (Å²) in [5.41, 5.74) is 1.90. The molecule has 1 aromatic carbocycles. The lowest BCUT2D eigenvalue weighted by atomic mass is 9.92. The molecular weight excluding hydrogens is 408 g/mol. The van der Waals surface area contributed by atoms with E-state index in [9.17, 15) is 9.59 Å². The SMILES string of the molecule is Cc1ccccc1CN1C(=O)c2cc(-c3cccs3)nn2C[C@]1(C)C(=O)NC(C)(C)C. The highest BCUT2D eigenvalue weighted by Gasteiger charge is 2.48. The van der Waals surface area contributed by atoms with Gasteiger partial charge in [0.05, 0.1) is 11.4 Å². The molecule has 0 bridgehead atoms. The number of fused-ring (bicyclic) bond motifs is 1. The molecule has 2 amide bonds. The molecule has 0 spiro atoms. The molecule has 0 saturated heterocycles. The summed E-state index contributed by atoms with van der Waals surface area (Å²) in [5.74, 6) is -0.364. The molecule has 1 N–H and O–H groups in total. The number of carbonyl (C=O) groups excluding carboxylic acids is 2. The predicted octanol–water partition coefficient (Wildman–Crippen LogP) is 4.25. The van der Waals surface area contributed by atoms with Gasteiger partial charge < -0.3 is 10.2 Å². The van der Waals surface area contributed by atoms with Gasteiger partial charge in [-0.2, -0.15) is 5.10 Å². The summed E-state index contributed by atoms with van der Waals surface area (Å²) in [5, 5.41) is 9.74. The quantitative estimate of drug-likeness (QED) is 0.665. The van der Waals surface area contributed by atoms with E-state index < -0.39 is 11.1 Å². The molecule has 0 radical (unpaired) electrons. The Labute approximate surface area is 186 Å². The summed E-state index contributed by atoms with van der Waals surface area (Å²) < 4.78 is 1.69. The van der Waals surface area contributed by atoms with E-state index in [1.165, 1.54) is 0 Å². The smallest absolute Gasteiger partial charge is 0.273 e. The maximum atomic E-state index is 13.7. The van der Waals surface area contributed by atoms with E-state index >= 15 is 0 Å². The van der Waals surface area contributed by atoms with Crippen molar-refractivity contribution in [3.63, 3.8) is 0 Å². The monoisotopic (exact) mass is 436 g/mol. The average Bonchev–Trinajstić information content (AvgIpc) is 3.34. The summed E-state index contributed by atoms with van der Waals surface area (Å²) in [7, 11) is 0. The zero-order valence-corrected chi connectivity index (χ0v) is 19.4. The minimum Gasteiger partial charge on any atom is -0.349 e. The number of rotatable bonds is 4. The van der Waals surface area contributed by atoms with Crippen molar-refractivity contribution in [1.29, 1.82) is 0 Å². The Morgan fingerprint density at radius 3 is 2.61 bits per heavy atom. The number of hydrogen-bond acceptors (Lipinski definition) is 4. The van der Waals surface area contributed by atoms with Crippen LogP contribution in [0.5, 0.6) is 0 Å². The van der Waals surface area contributed by atoms with Crippen molar-refractivity contribution in [2.45, 2.75) is 58.8 Å². The van der Waals surface area contributed by atoms with Gasteiger partial charge in [0.2, 0.25) is 5.91 Å². The fraction of sp³-hybridized carbons (Fsp3) is 0.375. The van der Waals surface area contributed by atoms with Crippen LogP contribution in [0.15, 0.2) is 47.8 Å². The summed E-state index contributed by atoms with van der Waals surface area (Å²) in [6, 6.07) is 13.8. The number of amides is 2. The molecule has 1 aliphatic heterocycles. The van der Waals surface area contributed by atoms with Crippen molar-refractivity contribution in [3.05, 3.63) is 64.7 Å². The lowest BCUT2D eigenvalue weighted by Crippen LogP contribution is -2.65. The maximum absolute atomic E-state index is 13.7. The van der Waals surface area contributed by atoms with E-state index in [1.807, 2.05) is 82.5 Å². The van der Waals surface area contributed by atoms with Crippen LogP contribution in [-0.2, 0) is 17.9 Å². The van der Waals surface area contributed by atoms with Crippen LogP contribution < -0.4 is 5.32 Å². The van der Waals surface area contributed by atoms with E-state index in [1.54, 1.807) is 20.9 Å². The van der Waals surface area contributed by atoms with Crippen LogP contribution in [0.1, 0.15) is 49.3 Å². The van der Waals surface area contributed by atoms with Gasteiger partial charge >= 0.3 is 0 Å². The second-order valence-electron chi connectivity index (χ2n) is 9.35. The molecule has 3 heterocycles. The highest BCUT2D eigenvalue weighted by Crippen LogP contribution is 2.33. The number of hydrogen-bond donors (Lipinski definition) is 1. The Morgan fingerprint density at radius 1 is 1.23 bits per heavy atom. The van der Waals surface area contributed by atoms with Crippen LogP contribution in [0, 0.1) is 6.92 Å². The summed E-state index contributed by atoms with van der Waals surface area (Å²) in [4.78, 5) is 29.9. The van der Waals surface area contributed by atoms with Crippen molar-refractivity contribution in [2.24, 2.45) is 0 Å². The first-order chi connectivity index (χ1) is 14.6. The number of carbonyl (C=O) groups is 2. The van der Waals surface area contributed by atoms with E-state index in [0.717, 1.165) is 21.7 Å². The minimum atomic E-state index is -1.07. The molecule has 6 nitrogen and oxygen atoms in total. The van der Waals surface area contributed by atoms with Crippen molar-refractivity contribution in [3.8, 4) is 10.6 Å². The molecule has 162 valence electrons. The van der Waals surface area contributed by atoms with E-state index in [0.29, 0.717) is 18.8 Å². The molecule has 0 unspecified atom stereocenters. The van der Waals surface area contributed by atoms with Gasteiger partial charge in [-0.3, -0.25) is 14.3 Å². The number of nitrogens with one attached hydrogen (secondary N) is 1. The van der Waals surface area contributed by atoms with E-state index in [-0.39, 0.29) is 11.8 Å². The predicted molar refractivity (Wildman–Crippen MR) is 123 cm³/mol. The van der Waals surface area contributed by atoms with Gasteiger partial charge in [-0.1, -0.05) is 30.3 Å². The fourth-order valence-electron chi connectivity index (χ4n) is 3.87. The first-order valence-corrected chi connectivity index (χ1v) is 11.3. The number of thiophene rings is 1. The van der Waals surface area contributed by atoms with Gasteiger partial charge in [-0.05, 0) is 63.3 Å². The summed E-state index contributed by atoms with van der Waals surface area (Å²) in [6.07, 6.45) is 0. The van der Waals surface area contributed by atoms with Gasteiger partial charge in [0.25, 0.3) is 5.91 Å². The van der Waals surface area contributed by atoms with Gasteiger partial charge in [0.15, 0.2) is 0 Å². The second kappa shape index (κ2) is 7.64. The average molecular weight is 437 g/mol. The lowest BCUT2D eigenvalue weighted by Gasteiger charge is -2.44. The fourth-order valence-corrected chi connectivity index (χ4v) is 4.55. The Kier molecular flexibility index (Phi) is 5.25. The Balaban J connectivity index is 1.78. The Hall–Kier alpha value is -2.93. The van der Waals surface area contributed by atoms with Gasteiger partial charge in [-0.25, -0.2) is 0 Å². The Bertz CT molecular complexity index is 1130. The van der Waals surface area contributed by atoms with E-state index in [2.05, 4.69) is 10.4 Å². The zero-order valence-electron chi connectivity index (χ0n) is 18.6. The molecule has 31 heavy (non-hydrogen) atoms. The standard InChI is InChI=1S/C24H28N4O2S/c1-16-9-6-7-10-17(16)14-27-21(29)19-13-18(20-11-8-12-31-20)26-28(19)15-24(27,5)22(30)25-23(2,3)4/h6-13H,14-15H2,1-5H3,(H,25,30)/t24-/m1/s1. The summed E-state index contributed by atoms with van der Waals surface area (Å²) in [6.45, 7) is 10.3. The molecule has 4 rings (SSSR count). The van der Waals surface area contributed by atoms with Crippen LogP contribution >= 0.6 is 11.3 Å². The molecule has 1 aliphatic rings. The number of aromatic nitrogens is 2. The van der Waals surface area contributed by atoms with Crippen LogP contribution in [0.2, 0.25) is 0 Å². The highest BCUT2D eigenvalue weighted by atomic mass is 32.1. The first-order valence-electron chi connectivity index (χ1n) is 10.4. The number of benzene rings is 1. The van der Waals surface area contributed by atoms with Crippen molar-refractivity contribution >= 4 is 23.2 Å². The van der Waals surface area contributed by atoms with Gasteiger partial charge in [0.1, 0.15) is 16.9 Å². The van der Waals surface area contributed by atoms with Crippen molar-refractivity contribution in [2.75, 3.05) is 0 Å². The Morgan fingerprint density at radius 2 is 1.97 bits per heavy atom. The normalized spacial score (nSPS) is 18.7. The van der Waals surface area contributed by atoms with E-state index in [4.69, 9.17) is 0 Å². The molecular formula is C24H28N4O2S. The largest absolute Gasteiger partial charge is 0.349 e. The zero-order chi connectivity index (χ0) is 22.4. The molecule has 1 atom stereocenters. The van der Waals surface area contributed by atoms with Crippen molar-refractivity contribution < 1.29 is 9.59 Å². The van der Waals surface area contributed by atoms with Gasteiger partial charge in [-0.15, -0.1) is 11.3 Å². The molecule has 2 aromatic heterocycles. The molecule has 0 saturated carbocycles.